The molecule has 0 N–H and O–H groups in total. The molecule has 0 saturated carbocycles. The van der Waals surface area contributed by atoms with Gasteiger partial charge in [0.2, 0.25) is 0 Å². The van der Waals surface area contributed by atoms with Crippen LogP contribution in [0.4, 0.5) is 5.69 Å². The minimum atomic E-state index is 0.0699. The Morgan fingerprint density at radius 3 is 2.50 bits per heavy atom. The van der Waals surface area contributed by atoms with Gasteiger partial charge in [-0.2, -0.15) is 0 Å². The molecule has 1 aromatic heterocycles. The standard InChI is InChI=1S/C14H14INOS/c1-3-16(12-6-4-10(2)5-7-12)14(17)11-8-13(15)18-9-11/h4-9H,3H2,1-2H3. The van der Waals surface area contributed by atoms with Gasteiger partial charge in [-0.15, -0.1) is 11.3 Å². The number of hydrogen-bond acceptors (Lipinski definition) is 2. The summed E-state index contributed by atoms with van der Waals surface area (Å²) in [5, 5.41) is 1.92. The van der Waals surface area contributed by atoms with Crippen LogP contribution >= 0.6 is 33.9 Å². The van der Waals surface area contributed by atoms with E-state index in [0.29, 0.717) is 6.54 Å². The predicted octanol–water partition coefficient (Wildman–Crippen LogP) is 4.33. The number of carbonyl (C=O) groups excluding carboxylic acids is 1. The predicted molar refractivity (Wildman–Crippen MR) is 85.6 cm³/mol. The molecule has 0 unspecified atom stereocenters. The zero-order valence-electron chi connectivity index (χ0n) is 10.3. The Bertz CT molecular complexity index is 547. The maximum atomic E-state index is 12.4. The summed E-state index contributed by atoms with van der Waals surface area (Å²) in [6.07, 6.45) is 0. The van der Waals surface area contributed by atoms with E-state index in [0.717, 1.165) is 14.1 Å². The minimum absolute atomic E-state index is 0.0699. The van der Waals surface area contributed by atoms with E-state index in [9.17, 15) is 4.79 Å². The van der Waals surface area contributed by atoms with Gasteiger partial charge in [-0.25, -0.2) is 0 Å². The summed E-state index contributed by atoms with van der Waals surface area (Å²) in [5.41, 5.74) is 2.92. The highest BCUT2D eigenvalue weighted by molar-refractivity contribution is 14.1. The summed E-state index contributed by atoms with van der Waals surface area (Å²) >= 11 is 3.83. The highest BCUT2D eigenvalue weighted by Gasteiger charge is 2.16. The lowest BCUT2D eigenvalue weighted by atomic mass is 10.2. The van der Waals surface area contributed by atoms with E-state index >= 15 is 0 Å². The summed E-state index contributed by atoms with van der Waals surface area (Å²) in [5.74, 6) is 0.0699. The van der Waals surface area contributed by atoms with Crippen molar-refractivity contribution < 1.29 is 4.79 Å². The third-order valence-electron chi connectivity index (χ3n) is 2.72. The number of carbonyl (C=O) groups is 1. The van der Waals surface area contributed by atoms with Gasteiger partial charge in [-0.3, -0.25) is 4.79 Å². The van der Waals surface area contributed by atoms with E-state index in [1.165, 1.54) is 5.56 Å². The summed E-state index contributed by atoms with van der Waals surface area (Å²) in [6.45, 7) is 4.71. The Hall–Kier alpha value is -0.880. The van der Waals surface area contributed by atoms with Gasteiger partial charge < -0.3 is 4.90 Å². The van der Waals surface area contributed by atoms with Crippen molar-refractivity contribution in [1.29, 1.82) is 0 Å². The van der Waals surface area contributed by atoms with E-state index in [2.05, 4.69) is 22.6 Å². The van der Waals surface area contributed by atoms with E-state index in [4.69, 9.17) is 0 Å². The van der Waals surface area contributed by atoms with Crippen molar-refractivity contribution >= 4 is 45.5 Å². The Balaban J connectivity index is 2.28. The molecule has 1 aromatic carbocycles. The molecule has 94 valence electrons. The zero-order valence-corrected chi connectivity index (χ0v) is 13.3. The molecule has 0 saturated heterocycles. The van der Waals surface area contributed by atoms with Crippen LogP contribution < -0.4 is 4.90 Å². The van der Waals surface area contributed by atoms with Gasteiger partial charge in [0, 0.05) is 17.6 Å². The second-order valence-corrected chi connectivity index (χ2v) is 6.83. The maximum absolute atomic E-state index is 12.4. The fraction of sp³-hybridized carbons (Fsp3) is 0.214. The lowest BCUT2D eigenvalue weighted by Gasteiger charge is -2.20. The smallest absolute Gasteiger partial charge is 0.259 e. The summed E-state index contributed by atoms with van der Waals surface area (Å²) < 4.78 is 1.14. The molecule has 0 aliphatic carbocycles. The normalized spacial score (nSPS) is 10.4. The molecule has 1 amide bonds. The Kier molecular flexibility index (Phi) is 4.40. The molecule has 18 heavy (non-hydrogen) atoms. The molecule has 4 heteroatoms. The van der Waals surface area contributed by atoms with Crippen molar-refractivity contribution in [1.82, 2.24) is 0 Å². The number of rotatable bonds is 3. The average Bonchev–Trinajstić information content (AvgIpc) is 2.79. The third kappa shape index (κ3) is 2.92. The van der Waals surface area contributed by atoms with Gasteiger partial charge in [0.1, 0.15) is 0 Å². The van der Waals surface area contributed by atoms with Crippen molar-refractivity contribution in [2.45, 2.75) is 13.8 Å². The molecular formula is C14H14INOS. The quantitative estimate of drug-likeness (QED) is 0.736. The van der Waals surface area contributed by atoms with E-state index < -0.39 is 0 Å². The van der Waals surface area contributed by atoms with Crippen molar-refractivity contribution in [2.75, 3.05) is 11.4 Å². The average molecular weight is 371 g/mol. The van der Waals surface area contributed by atoms with Crippen LogP contribution in [0.15, 0.2) is 35.7 Å². The number of thiophene rings is 1. The van der Waals surface area contributed by atoms with Gasteiger partial charge in [0.05, 0.1) is 8.45 Å². The second kappa shape index (κ2) is 5.84. The number of benzene rings is 1. The first-order valence-corrected chi connectivity index (χ1v) is 7.70. The summed E-state index contributed by atoms with van der Waals surface area (Å²) in [4.78, 5) is 14.2. The maximum Gasteiger partial charge on any atom is 0.259 e. The largest absolute Gasteiger partial charge is 0.309 e. The van der Waals surface area contributed by atoms with Crippen LogP contribution in [0.3, 0.4) is 0 Å². The molecule has 0 aliphatic rings. The molecule has 2 rings (SSSR count). The van der Waals surface area contributed by atoms with Crippen molar-refractivity contribution in [3.8, 4) is 0 Å². The first-order valence-electron chi connectivity index (χ1n) is 5.74. The van der Waals surface area contributed by atoms with Gasteiger partial charge in [-0.1, -0.05) is 17.7 Å². The number of nitrogens with zero attached hydrogens (tertiary/aromatic N) is 1. The number of anilines is 1. The first-order chi connectivity index (χ1) is 8.61. The monoisotopic (exact) mass is 371 g/mol. The van der Waals surface area contributed by atoms with Gasteiger partial charge >= 0.3 is 0 Å². The number of halogens is 1. The topological polar surface area (TPSA) is 20.3 Å². The molecule has 2 nitrogen and oxygen atoms in total. The van der Waals surface area contributed by atoms with Crippen LogP contribution in [0.5, 0.6) is 0 Å². The van der Waals surface area contributed by atoms with Crippen molar-refractivity contribution in [2.24, 2.45) is 0 Å². The molecular weight excluding hydrogens is 357 g/mol. The van der Waals surface area contributed by atoms with Gasteiger partial charge in [0.25, 0.3) is 5.91 Å². The van der Waals surface area contributed by atoms with E-state index in [1.54, 1.807) is 16.2 Å². The highest BCUT2D eigenvalue weighted by atomic mass is 127. The van der Waals surface area contributed by atoms with Crippen LogP contribution in [-0.4, -0.2) is 12.5 Å². The molecule has 0 bridgehead atoms. The highest BCUT2D eigenvalue weighted by Crippen LogP contribution is 2.22. The number of hydrogen-bond donors (Lipinski definition) is 0. The fourth-order valence-electron chi connectivity index (χ4n) is 1.75. The lowest BCUT2D eigenvalue weighted by Crippen LogP contribution is -2.30. The first kappa shape index (κ1) is 13.5. The van der Waals surface area contributed by atoms with E-state index in [-0.39, 0.29) is 5.91 Å². The Morgan fingerprint density at radius 1 is 1.33 bits per heavy atom. The minimum Gasteiger partial charge on any atom is -0.309 e. The molecule has 1 heterocycles. The third-order valence-corrected chi connectivity index (χ3v) is 4.51. The number of aryl methyl sites for hydroxylation is 1. The van der Waals surface area contributed by atoms with Crippen molar-refractivity contribution in [3.05, 3.63) is 49.7 Å². The zero-order chi connectivity index (χ0) is 13.1. The van der Waals surface area contributed by atoms with Crippen LogP contribution in [0.2, 0.25) is 0 Å². The van der Waals surface area contributed by atoms with E-state index in [1.807, 2.05) is 49.6 Å². The Morgan fingerprint density at radius 2 is 2.00 bits per heavy atom. The lowest BCUT2D eigenvalue weighted by molar-refractivity contribution is 0.0988. The second-order valence-electron chi connectivity index (χ2n) is 4.02. The van der Waals surface area contributed by atoms with Gasteiger partial charge in [-0.05, 0) is 54.6 Å². The van der Waals surface area contributed by atoms with Crippen molar-refractivity contribution in [3.63, 3.8) is 0 Å². The molecule has 0 fully saturated rings. The van der Waals surface area contributed by atoms with Gasteiger partial charge in [0.15, 0.2) is 0 Å². The molecule has 0 radical (unpaired) electrons. The van der Waals surface area contributed by atoms with Crippen LogP contribution in [0.25, 0.3) is 0 Å². The molecule has 0 atom stereocenters. The summed E-state index contributed by atoms with van der Waals surface area (Å²) in [7, 11) is 0. The Labute approximate surface area is 125 Å². The molecule has 0 aliphatic heterocycles. The van der Waals surface area contributed by atoms with Crippen LogP contribution in [0.1, 0.15) is 22.8 Å². The van der Waals surface area contributed by atoms with Crippen LogP contribution in [-0.2, 0) is 0 Å². The summed E-state index contributed by atoms with van der Waals surface area (Å²) in [6, 6.07) is 9.98. The fourth-order valence-corrected chi connectivity index (χ4v) is 3.07. The molecule has 2 aromatic rings. The number of amides is 1. The SMILES string of the molecule is CCN(C(=O)c1csc(I)c1)c1ccc(C)cc1. The van der Waals surface area contributed by atoms with Crippen LogP contribution in [0, 0.1) is 9.81 Å². The molecule has 0 spiro atoms.